The van der Waals surface area contributed by atoms with Gasteiger partial charge in [-0.05, 0) is 11.8 Å². The minimum Gasteiger partial charge on any atom is -0.311 e. The van der Waals surface area contributed by atoms with Crippen LogP contribution in [0.3, 0.4) is 0 Å². The highest BCUT2D eigenvalue weighted by Crippen LogP contribution is 2.27. The molecule has 0 atom stereocenters. The minimum atomic E-state index is -3.29. The van der Waals surface area contributed by atoms with Gasteiger partial charge in [0.05, 0.1) is 11.4 Å². The third kappa shape index (κ3) is 4.43. The van der Waals surface area contributed by atoms with Crippen LogP contribution in [0.25, 0.3) is 0 Å². The van der Waals surface area contributed by atoms with Gasteiger partial charge in [0.2, 0.25) is 10.0 Å². The maximum Gasteiger partial charge on any atom is 0.234 e. The van der Waals surface area contributed by atoms with Gasteiger partial charge in [-0.1, -0.05) is 32.1 Å². The van der Waals surface area contributed by atoms with Crippen LogP contribution in [0.1, 0.15) is 37.8 Å². The fraction of sp³-hybridized carbons (Fsp3) is 0.750. The highest BCUT2D eigenvalue weighted by atomic mass is 32.2. The van der Waals surface area contributed by atoms with Crippen molar-refractivity contribution in [3.8, 4) is 0 Å². The quantitative estimate of drug-likeness (QED) is 0.892. The molecule has 0 saturated carbocycles. The molecule has 2 heterocycles. The summed E-state index contributed by atoms with van der Waals surface area (Å²) in [6.07, 6.45) is 1.50. The van der Waals surface area contributed by atoms with Crippen LogP contribution in [0.2, 0.25) is 0 Å². The molecule has 5 nitrogen and oxygen atoms in total. The normalized spacial score (nSPS) is 16.2. The van der Waals surface area contributed by atoms with Gasteiger partial charge >= 0.3 is 0 Å². The van der Waals surface area contributed by atoms with Crippen LogP contribution in [0.5, 0.6) is 0 Å². The van der Waals surface area contributed by atoms with Crippen molar-refractivity contribution >= 4 is 26.5 Å². The van der Waals surface area contributed by atoms with E-state index in [-0.39, 0.29) is 11.2 Å². The predicted molar refractivity (Wildman–Crippen MR) is 79.0 cm³/mol. The number of rotatable bonds is 4. The lowest BCUT2D eigenvalue weighted by molar-refractivity contribution is 0.397. The molecule has 0 unspecified atom stereocenters. The fourth-order valence-corrected chi connectivity index (χ4v) is 4.47. The van der Waals surface area contributed by atoms with Gasteiger partial charge in [0.25, 0.3) is 0 Å². The predicted octanol–water partition coefficient (Wildman–Crippen LogP) is 1.97. The number of hydrogen-bond donors (Lipinski definition) is 2. The Balaban J connectivity index is 2.01. The zero-order chi connectivity index (χ0) is 14.1. The summed E-state index contributed by atoms with van der Waals surface area (Å²) in [5.74, 6) is 0.138. The Labute approximate surface area is 118 Å². The summed E-state index contributed by atoms with van der Waals surface area (Å²) in [6.45, 7) is 7.81. The standard InChI is InChI=1S/C12H21N3O2S2/c1-12(2,3)5-7-19(16,17)15-11-14-9-4-6-13-8-10(9)18-11/h13H,4-8H2,1-3H3,(H,14,15). The van der Waals surface area contributed by atoms with E-state index in [0.717, 1.165) is 30.1 Å². The summed E-state index contributed by atoms with van der Waals surface area (Å²) in [5.41, 5.74) is 1.04. The van der Waals surface area contributed by atoms with Crippen LogP contribution < -0.4 is 10.0 Å². The molecule has 7 heteroatoms. The van der Waals surface area contributed by atoms with Crippen molar-refractivity contribution in [2.45, 2.75) is 40.2 Å². The van der Waals surface area contributed by atoms with Crippen molar-refractivity contribution in [3.63, 3.8) is 0 Å². The average Bonchev–Trinajstić information content (AvgIpc) is 2.66. The van der Waals surface area contributed by atoms with E-state index in [1.54, 1.807) is 0 Å². The van der Waals surface area contributed by atoms with Gasteiger partial charge in [-0.25, -0.2) is 13.4 Å². The zero-order valence-corrected chi connectivity index (χ0v) is 13.2. The van der Waals surface area contributed by atoms with Gasteiger partial charge in [-0.15, -0.1) is 0 Å². The lowest BCUT2D eigenvalue weighted by Crippen LogP contribution is -2.22. The number of fused-ring (bicyclic) bond motifs is 1. The Bertz CT molecular complexity index is 520. The Hall–Kier alpha value is -0.660. The first-order chi connectivity index (χ1) is 8.75. The maximum absolute atomic E-state index is 12.0. The Morgan fingerprint density at radius 2 is 2.16 bits per heavy atom. The lowest BCUT2D eigenvalue weighted by atomic mass is 9.94. The number of aromatic nitrogens is 1. The van der Waals surface area contributed by atoms with Gasteiger partial charge in [0, 0.05) is 24.4 Å². The van der Waals surface area contributed by atoms with Crippen molar-refractivity contribution in [1.29, 1.82) is 0 Å². The van der Waals surface area contributed by atoms with Gasteiger partial charge < -0.3 is 5.32 Å². The summed E-state index contributed by atoms with van der Waals surface area (Å²) < 4.78 is 26.6. The van der Waals surface area contributed by atoms with Crippen molar-refractivity contribution < 1.29 is 8.42 Å². The van der Waals surface area contributed by atoms with Gasteiger partial charge in [-0.2, -0.15) is 0 Å². The lowest BCUT2D eigenvalue weighted by Gasteiger charge is -2.17. The summed E-state index contributed by atoms with van der Waals surface area (Å²) in [5, 5.41) is 3.76. The van der Waals surface area contributed by atoms with Crippen LogP contribution >= 0.6 is 11.3 Å². The van der Waals surface area contributed by atoms with Gasteiger partial charge in [0.15, 0.2) is 5.13 Å². The van der Waals surface area contributed by atoms with E-state index in [1.165, 1.54) is 11.3 Å². The monoisotopic (exact) mass is 303 g/mol. The van der Waals surface area contributed by atoms with Gasteiger partial charge in [-0.3, -0.25) is 4.72 Å². The molecule has 2 N–H and O–H groups in total. The van der Waals surface area contributed by atoms with E-state index < -0.39 is 10.0 Å². The Morgan fingerprint density at radius 3 is 2.79 bits per heavy atom. The van der Waals surface area contributed by atoms with E-state index in [0.29, 0.717) is 11.6 Å². The van der Waals surface area contributed by atoms with Crippen LogP contribution in [-0.4, -0.2) is 25.7 Å². The van der Waals surface area contributed by atoms with Crippen molar-refractivity contribution in [1.82, 2.24) is 10.3 Å². The maximum atomic E-state index is 12.0. The number of sulfonamides is 1. The van der Waals surface area contributed by atoms with Crippen LogP contribution in [0, 0.1) is 5.41 Å². The average molecular weight is 303 g/mol. The van der Waals surface area contributed by atoms with Gasteiger partial charge in [0.1, 0.15) is 0 Å². The molecule has 0 radical (unpaired) electrons. The summed E-state index contributed by atoms with van der Waals surface area (Å²) in [4.78, 5) is 5.51. The second-order valence-corrected chi connectivity index (χ2v) is 8.97. The molecular formula is C12H21N3O2S2. The topological polar surface area (TPSA) is 71.1 Å². The number of anilines is 1. The molecule has 1 aliphatic rings. The first-order valence-electron chi connectivity index (χ1n) is 6.45. The Morgan fingerprint density at radius 1 is 1.42 bits per heavy atom. The number of thiazole rings is 1. The summed E-state index contributed by atoms with van der Waals surface area (Å²) >= 11 is 1.43. The van der Waals surface area contributed by atoms with Crippen molar-refractivity contribution in [3.05, 3.63) is 10.6 Å². The second-order valence-electron chi connectivity index (χ2n) is 6.05. The number of nitrogens with zero attached hydrogens (tertiary/aromatic N) is 1. The Kier molecular flexibility index (Phi) is 4.17. The molecule has 0 spiro atoms. The first-order valence-corrected chi connectivity index (χ1v) is 8.92. The van der Waals surface area contributed by atoms with E-state index in [4.69, 9.17) is 0 Å². The van der Waals surface area contributed by atoms with Crippen molar-refractivity contribution in [2.24, 2.45) is 5.41 Å². The van der Waals surface area contributed by atoms with Crippen LogP contribution in [-0.2, 0) is 23.0 Å². The van der Waals surface area contributed by atoms with Crippen molar-refractivity contribution in [2.75, 3.05) is 17.0 Å². The van der Waals surface area contributed by atoms with Crippen LogP contribution in [0.15, 0.2) is 0 Å². The molecular weight excluding hydrogens is 282 g/mol. The summed E-state index contributed by atoms with van der Waals surface area (Å²) in [7, 11) is -3.29. The highest BCUT2D eigenvalue weighted by Gasteiger charge is 2.20. The van der Waals surface area contributed by atoms with E-state index in [2.05, 4.69) is 15.0 Å². The zero-order valence-electron chi connectivity index (χ0n) is 11.6. The number of hydrogen-bond acceptors (Lipinski definition) is 5. The fourth-order valence-electron chi connectivity index (χ4n) is 1.79. The molecule has 0 aromatic carbocycles. The SMILES string of the molecule is CC(C)(C)CCS(=O)(=O)Nc1nc2c(s1)CNCC2. The first kappa shape index (κ1) is 14.7. The molecule has 0 amide bonds. The molecule has 1 aromatic rings. The molecule has 1 aromatic heterocycles. The molecule has 0 fully saturated rings. The largest absolute Gasteiger partial charge is 0.311 e. The van der Waals surface area contributed by atoms with E-state index in [9.17, 15) is 8.42 Å². The third-order valence-electron chi connectivity index (χ3n) is 2.97. The molecule has 0 saturated heterocycles. The second kappa shape index (κ2) is 5.38. The molecule has 2 rings (SSSR count). The van der Waals surface area contributed by atoms with E-state index in [1.807, 2.05) is 20.8 Å². The molecule has 19 heavy (non-hydrogen) atoms. The van der Waals surface area contributed by atoms with E-state index >= 15 is 0 Å². The minimum absolute atomic E-state index is 0.0147. The smallest absolute Gasteiger partial charge is 0.234 e. The molecule has 1 aliphatic heterocycles. The molecule has 0 bridgehead atoms. The number of nitrogens with one attached hydrogen (secondary N) is 2. The third-order valence-corrected chi connectivity index (χ3v) is 5.35. The highest BCUT2D eigenvalue weighted by molar-refractivity contribution is 7.92. The molecule has 0 aliphatic carbocycles. The summed E-state index contributed by atoms with van der Waals surface area (Å²) in [6, 6.07) is 0. The van der Waals surface area contributed by atoms with Crippen LogP contribution in [0.4, 0.5) is 5.13 Å². The molecule has 108 valence electrons.